The van der Waals surface area contributed by atoms with Crippen molar-refractivity contribution in [2.24, 2.45) is 5.92 Å². The van der Waals surface area contributed by atoms with Crippen LogP contribution >= 0.6 is 0 Å². The minimum absolute atomic E-state index is 0.150. The van der Waals surface area contributed by atoms with Gasteiger partial charge in [0, 0.05) is 17.9 Å². The van der Waals surface area contributed by atoms with E-state index in [0.717, 1.165) is 5.56 Å². The number of aliphatic carboxylic acids is 2. The SMILES string of the molecule is O=C([O-])C[C@@H](Cc1ccccc1)C(=O)[O-]. The molecule has 0 saturated heterocycles. The maximum atomic E-state index is 10.6. The van der Waals surface area contributed by atoms with Crippen molar-refractivity contribution in [2.45, 2.75) is 12.8 Å². The number of carboxylic acids is 2. The monoisotopic (exact) mass is 206 g/mol. The first-order valence-corrected chi connectivity index (χ1v) is 4.54. The first-order valence-electron chi connectivity index (χ1n) is 4.54. The number of carbonyl (C=O) groups is 2. The number of hydrogen-bond acceptors (Lipinski definition) is 4. The summed E-state index contributed by atoms with van der Waals surface area (Å²) in [6.45, 7) is 0. The van der Waals surface area contributed by atoms with Crippen LogP contribution in [0.15, 0.2) is 30.3 Å². The van der Waals surface area contributed by atoms with Gasteiger partial charge < -0.3 is 19.8 Å². The Morgan fingerprint density at radius 1 is 1.13 bits per heavy atom. The number of benzene rings is 1. The molecule has 0 N–H and O–H groups in total. The van der Waals surface area contributed by atoms with Gasteiger partial charge in [0.15, 0.2) is 0 Å². The number of rotatable bonds is 5. The van der Waals surface area contributed by atoms with Crippen molar-refractivity contribution in [2.75, 3.05) is 0 Å². The summed E-state index contributed by atoms with van der Waals surface area (Å²) in [7, 11) is 0. The fraction of sp³-hybridized carbons (Fsp3) is 0.273. The molecule has 0 aliphatic heterocycles. The zero-order chi connectivity index (χ0) is 11.3. The van der Waals surface area contributed by atoms with Crippen molar-refractivity contribution < 1.29 is 19.8 Å². The largest absolute Gasteiger partial charge is 0.550 e. The van der Waals surface area contributed by atoms with Crippen molar-refractivity contribution in [1.29, 1.82) is 0 Å². The van der Waals surface area contributed by atoms with Crippen LogP contribution in [-0.2, 0) is 16.0 Å². The van der Waals surface area contributed by atoms with E-state index in [2.05, 4.69) is 0 Å². The van der Waals surface area contributed by atoms with Gasteiger partial charge in [-0.3, -0.25) is 0 Å². The zero-order valence-electron chi connectivity index (χ0n) is 8.01. The Morgan fingerprint density at radius 2 is 1.73 bits per heavy atom. The lowest BCUT2D eigenvalue weighted by molar-refractivity contribution is -0.320. The molecule has 0 saturated carbocycles. The Kier molecular flexibility index (Phi) is 3.85. The van der Waals surface area contributed by atoms with Crippen molar-refractivity contribution in [3.05, 3.63) is 35.9 Å². The smallest absolute Gasteiger partial charge is 0.0452 e. The summed E-state index contributed by atoms with van der Waals surface area (Å²) < 4.78 is 0. The molecular formula is C11H10O4-2. The van der Waals surface area contributed by atoms with E-state index in [1.807, 2.05) is 0 Å². The molecule has 15 heavy (non-hydrogen) atoms. The number of hydrogen-bond donors (Lipinski definition) is 0. The Balaban J connectivity index is 2.67. The quantitative estimate of drug-likeness (QED) is 0.602. The fourth-order valence-electron chi connectivity index (χ4n) is 1.34. The average Bonchev–Trinajstić information content (AvgIpc) is 2.17. The van der Waals surface area contributed by atoms with E-state index in [-0.39, 0.29) is 6.42 Å². The lowest BCUT2D eigenvalue weighted by atomic mass is 9.96. The van der Waals surface area contributed by atoms with Gasteiger partial charge in [-0.15, -0.1) is 0 Å². The lowest BCUT2D eigenvalue weighted by Gasteiger charge is -2.18. The standard InChI is InChI=1S/C11H12O4/c12-10(13)7-9(11(14)15)6-8-4-2-1-3-5-8/h1-5,9H,6-7H2,(H,12,13)(H,14,15)/p-2/t9-/m1/s1. The maximum Gasteiger partial charge on any atom is 0.0452 e. The van der Waals surface area contributed by atoms with Crippen LogP contribution in [0.25, 0.3) is 0 Å². The van der Waals surface area contributed by atoms with Crippen molar-refractivity contribution in [1.82, 2.24) is 0 Å². The van der Waals surface area contributed by atoms with Crippen LogP contribution in [-0.4, -0.2) is 11.9 Å². The molecule has 0 amide bonds. The van der Waals surface area contributed by atoms with Crippen LogP contribution in [0.2, 0.25) is 0 Å². The van der Waals surface area contributed by atoms with Gasteiger partial charge >= 0.3 is 0 Å². The third kappa shape index (κ3) is 3.81. The summed E-state index contributed by atoms with van der Waals surface area (Å²) >= 11 is 0. The molecule has 0 radical (unpaired) electrons. The summed E-state index contributed by atoms with van der Waals surface area (Å²) in [6.07, 6.45) is -0.367. The van der Waals surface area contributed by atoms with Crippen LogP contribution in [0.1, 0.15) is 12.0 Å². The topological polar surface area (TPSA) is 80.3 Å². The Bertz CT molecular complexity index is 345. The highest BCUT2D eigenvalue weighted by Gasteiger charge is 2.11. The lowest BCUT2D eigenvalue weighted by Crippen LogP contribution is -2.37. The molecule has 1 atom stereocenters. The minimum atomic E-state index is -1.37. The minimum Gasteiger partial charge on any atom is -0.550 e. The Labute approximate surface area is 87.2 Å². The Hall–Kier alpha value is -1.84. The van der Waals surface area contributed by atoms with Gasteiger partial charge in [0.05, 0.1) is 0 Å². The predicted octanol–water partition coefficient (Wildman–Crippen LogP) is -1.26. The first kappa shape index (κ1) is 11.2. The molecule has 0 unspecified atom stereocenters. The second-order valence-corrected chi connectivity index (χ2v) is 3.28. The van der Waals surface area contributed by atoms with Crippen LogP contribution < -0.4 is 10.2 Å². The van der Waals surface area contributed by atoms with Crippen molar-refractivity contribution >= 4 is 11.9 Å². The molecule has 0 fully saturated rings. The maximum absolute atomic E-state index is 10.6. The van der Waals surface area contributed by atoms with Gasteiger partial charge in [-0.2, -0.15) is 0 Å². The van der Waals surface area contributed by atoms with E-state index in [1.165, 1.54) is 0 Å². The van der Waals surface area contributed by atoms with E-state index >= 15 is 0 Å². The number of carbonyl (C=O) groups excluding carboxylic acids is 2. The van der Waals surface area contributed by atoms with Gasteiger partial charge in [0.25, 0.3) is 0 Å². The molecule has 0 spiro atoms. The van der Waals surface area contributed by atoms with E-state index in [4.69, 9.17) is 0 Å². The van der Waals surface area contributed by atoms with Crippen LogP contribution in [0, 0.1) is 5.92 Å². The highest BCUT2D eigenvalue weighted by molar-refractivity contribution is 5.75. The molecule has 80 valence electrons. The highest BCUT2D eigenvalue weighted by atomic mass is 16.4. The molecule has 0 aliphatic rings. The summed E-state index contributed by atoms with van der Waals surface area (Å²) in [5, 5.41) is 20.9. The summed E-state index contributed by atoms with van der Waals surface area (Å²) in [6, 6.07) is 8.81. The van der Waals surface area contributed by atoms with E-state index < -0.39 is 24.3 Å². The van der Waals surface area contributed by atoms with Gasteiger partial charge in [-0.25, -0.2) is 0 Å². The Morgan fingerprint density at radius 3 is 2.20 bits per heavy atom. The molecule has 1 aromatic rings. The summed E-state index contributed by atoms with van der Waals surface area (Å²) in [5.41, 5.74) is 0.771. The van der Waals surface area contributed by atoms with Gasteiger partial charge in [0.1, 0.15) is 0 Å². The second-order valence-electron chi connectivity index (χ2n) is 3.28. The fourth-order valence-corrected chi connectivity index (χ4v) is 1.34. The summed E-state index contributed by atoms with van der Waals surface area (Å²) in [5.74, 6) is -3.76. The van der Waals surface area contributed by atoms with Crippen LogP contribution in [0.3, 0.4) is 0 Å². The zero-order valence-corrected chi connectivity index (χ0v) is 8.01. The molecule has 0 aromatic heterocycles. The van der Waals surface area contributed by atoms with Crippen molar-refractivity contribution in [3.63, 3.8) is 0 Å². The summed E-state index contributed by atoms with van der Waals surface area (Å²) in [4.78, 5) is 20.9. The van der Waals surface area contributed by atoms with Gasteiger partial charge in [-0.05, 0) is 18.4 Å². The molecule has 1 aromatic carbocycles. The van der Waals surface area contributed by atoms with Crippen LogP contribution in [0.4, 0.5) is 0 Å². The third-order valence-electron chi connectivity index (χ3n) is 2.07. The predicted molar refractivity (Wildman–Crippen MR) is 48.3 cm³/mol. The average molecular weight is 206 g/mol. The highest BCUT2D eigenvalue weighted by Crippen LogP contribution is 2.11. The third-order valence-corrected chi connectivity index (χ3v) is 2.07. The van der Waals surface area contributed by atoms with E-state index in [0.29, 0.717) is 0 Å². The molecule has 4 heteroatoms. The first-order chi connectivity index (χ1) is 7.09. The molecule has 0 aliphatic carbocycles. The normalized spacial score (nSPS) is 12.0. The molecule has 1 rings (SSSR count). The molecule has 0 heterocycles. The molecule has 0 bridgehead atoms. The second kappa shape index (κ2) is 5.14. The van der Waals surface area contributed by atoms with Crippen molar-refractivity contribution in [3.8, 4) is 0 Å². The molecular weight excluding hydrogens is 196 g/mol. The van der Waals surface area contributed by atoms with E-state index in [1.54, 1.807) is 30.3 Å². The number of carboxylic acid groups (broad SMARTS) is 2. The van der Waals surface area contributed by atoms with Gasteiger partial charge in [0.2, 0.25) is 0 Å². The van der Waals surface area contributed by atoms with Gasteiger partial charge in [-0.1, -0.05) is 30.3 Å². The van der Waals surface area contributed by atoms with E-state index in [9.17, 15) is 19.8 Å². The molecule has 4 nitrogen and oxygen atoms in total. The van der Waals surface area contributed by atoms with Crippen LogP contribution in [0.5, 0.6) is 0 Å².